The fraction of sp³-hybridized carbons (Fsp3) is 0.409. The predicted molar refractivity (Wildman–Crippen MR) is 107 cm³/mol. The third-order valence-corrected chi connectivity index (χ3v) is 4.28. The third-order valence-electron chi connectivity index (χ3n) is 4.28. The molecule has 1 N–H and O–H groups in total. The van der Waals surface area contributed by atoms with E-state index in [9.17, 15) is 9.59 Å². The van der Waals surface area contributed by atoms with Crippen molar-refractivity contribution in [3.63, 3.8) is 0 Å². The number of nitrogens with zero attached hydrogens (tertiary/aromatic N) is 2. The summed E-state index contributed by atoms with van der Waals surface area (Å²) in [4.78, 5) is 29.6. The maximum Gasteiger partial charge on any atom is 0.305 e. The van der Waals surface area contributed by atoms with Crippen molar-refractivity contribution in [2.45, 2.75) is 40.7 Å². The number of aromatic nitrogens is 1. The highest BCUT2D eigenvalue weighted by Crippen LogP contribution is 2.26. The van der Waals surface area contributed by atoms with Crippen molar-refractivity contribution in [2.24, 2.45) is 5.92 Å². The van der Waals surface area contributed by atoms with Gasteiger partial charge in [0.1, 0.15) is 12.4 Å². The van der Waals surface area contributed by atoms with Gasteiger partial charge < -0.3 is 14.7 Å². The summed E-state index contributed by atoms with van der Waals surface area (Å²) in [6, 6.07) is 7.42. The van der Waals surface area contributed by atoms with E-state index in [1.54, 1.807) is 17.3 Å². The number of hydrogen-bond donors (Lipinski definition) is 1. The molecule has 1 amide bonds. The van der Waals surface area contributed by atoms with Crippen LogP contribution in [0.15, 0.2) is 36.7 Å². The summed E-state index contributed by atoms with van der Waals surface area (Å²) in [7, 11) is 0. The van der Waals surface area contributed by atoms with Crippen LogP contribution >= 0.6 is 0 Å². The van der Waals surface area contributed by atoms with Crippen LogP contribution in [0.1, 0.15) is 47.3 Å². The molecule has 0 aliphatic heterocycles. The van der Waals surface area contributed by atoms with Crippen LogP contribution in [0.4, 0.5) is 0 Å². The zero-order valence-electron chi connectivity index (χ0n) is 16.9. The van der Waals surface area contributed by atoms with Gasteiger partial charge in [0.25, 0.3) is 5.91 Å². The van der Waals surface area contributed by atoms with Crippen LogP contribution in [0.3, 0.4) is 0 Å². The van der Waals surface area contributed by atoms with Crippen LogP contribution in [-0.2, 0) is 11.4 Å². The molecule has 2 rings (SSSR count). The van der Waals surface area contributed by atoms with Crippen molar-refractivity contribution >= 4 is 11.9 Å². The van der Waals surface area contributed by atoms with Crippen molar-refractivity contribution in [3.05, 3.63) is 58.9 Å². The summed E-state index contributed by atoms with van der Waals surface area (Å²) in [6.45, 7) is 8.95. The Balaban J connectivity index is 2.18. The Kier molecular flexibility index (Phi) is 7.55. The van der Waals surface area contributed by atoms with Crippen LogP contribution in [0.5, 0.6) is 5.75 Å². The van der Waals surface area contributed by atoms with Crippen LogP contribution in [0.25, 0.3) is 0 Å². The molecule has 6 nitrogen and oxygen atoms in total. The molecule has 1 aromatic heterocycles. The lowest BCUT2D eigenvalue weighted by atomic mass is 10.0. The zero-order chi connectivity index (χ0) is 20.7. The first-order chi connectivity index (χ1) is 13.3. The summed E-state index contributed by atoms with van der Waals surface area (Å²) in [5.74, 6) is -0.0589. The molecule has 0 fully saturated rings. The van der Waals surface area contributed by atoms with E-state index in [-0.39, 0.29) is 24.8 Å². The number of hydrogen-bond acceptors (Lipinski definition) is 4. The van der Waals surface area contributed by atoms with Gasteiger partial charge in [0.15, 0.2) is 0 Å². The Labute approximate surface area is 166 Å². The van der Waals surface area contributed by atoms with E-state index in [4.69, 9.17) is 9.84 Å². The molecule has 1 aromatic carbocycles. The minimum Gasteiger partial charge on any atom is -0.488 e. The second-order valence-corrected chi connectivity index (χ2v) is 7.38. The SMILES string of the molecule is Cc1cc(C(=O)N(CCC(=O)O)CC(C)C)cc(C)c1OCc1cccnc1. The minimum atomic E-state index is -0.909. The molecule has 0 aliphatic carbocycles. The lowest BCUT2D eigenvalue weighted by Gasteiger charge is -2.25. The second kappa shape index (κ2) is 9.88. The molecule has 0 unspecified atom stereocenters. The zero-order valence-corrected chi connectivity index (χ0v) is 16.9. The topological polar surface area (TPSA) is 79.7 Å². The number of aryl methyl sites for hydroxylation is 2. The summed E-state index contributed by atoms with van der Waals surface area (Å²) >= 11 is 0. The highest BCUT2D eigenvalue weighted by molar-refractivity contribution is 5.95. The Morgan fingerprint density at radius 3 is 2.43 bits per heavy atom. The van der Waals surface area contributed by atoms with E-state index in [0.29, 0.717) is 18.7 Å². The van der Waals surface area contributed by atoms with Crippen molar-refractivity contribution in [1.82, 2.24) is 9.88 Å². The smallest absolute Gasteiger partial charge is 0.305 e. The van der Waals surface area contributed by atoms with Gasteiger partial charge >= 0.3 is 5.97 Å². The second-order valence-electron chi connectivity index (χ2n) is 7.38. The van der Waals surface area contributed by atoms with Gasteiger partial charge in [-0.05, 0) is 49.1 Å². The monoisotopic (exact) mass is 384 g/mol. The molecule has 1 heterocycles. The average molecular weight is 384 g/mol. The van der Waals surface area contributed by atoms with E-state index < -0.39 is 5.97 Å². The number of carbonyl (C=O) groups excluding carboxylic acids is 1. The number of benzene rings is 1. The maximum atomic E-state index is 13.0. The van der Waals surface area contributed by atoms with E-state index in [1.165, 1.54) is 0 Å². The fourth-order valence-corrected chi connectivity index (χ4v) is 3.07. The molecule has 0 atom stereocenters. The Morgan fingerprint density at radius 2 is 1.89 bits per heavy atom. The molecule has 0 bridgehead atoms. The number of ether oxygens (including phenoxy) is 1. The standard InChI is InChI=1S/C22H28N2O4/c1-15(2)13-24(9-7-20(25)26)22(27)19-10-16(3)21(17(4)11-19)28-14-18-6-5-8-23-12-18/h5-6,8,10-12,15H,7,9,13-14H2,1-4H3,(H,25,26). The van der Waals surface area contributed by atoms with Gasteiger partial charge in [0.05, 0.1) is 6.42 Å². The molecular formula is C22H28N2O4. The van der Waals surface area contributed by atoms with Crippen molar-refractivity contribution in [1.29, 1.82) is 0 Å². The number of aliphatic carboxylic acids is 1. The number of carbonyl (C=O) groups is 2. The van der Waals surface area contributed by atoms with Crippen molar-refractivity contribution < 1.29 is 19.4 Å². The molecule has 0 aliphatic rings. The van der Waals surface area contributed by atoms with E-state index >= 15 is 0 Å². The first-order valence-corrected chi connectivity index (χ1v) is 9.42. The van der Waals surface area contributed by atoms with E-state index in [1.807, 2.05) is 52.0 Å². The van der Waals surface area contributed by atoms with Gasteiger partial charge in [0.2, 0.25) is 0 Å². The molecule has 0 saturated heterocycles. The molecule has 0 saturated carbocycles. The summed E-state index contributed by atoms with van der Waals surface area (Å²) in [6.07, 6.45) is 3.41. The van der Waals surface area contributed by atoms with Gasteiger partial charge in [0, 0.05) is 36.6 Å². The molecule has 6 heteroatoms. The van der Waals surface area contributed by atoms with Crippen LogP contribution in [0.2, 0.25) is 0 Å². The normalized spacial score (nSPS) is 10.8. The average Bonchev–Trinajstić information content (AvgIpc) is 2.64. The number of amides is 1. The minimum absolute atomic E-state index is 0.0667. The van der Waals surface area contributed by atoms with Gasteiger partial charge in [-0.2, -0.15) is 0 Å². The fourth-order valence-electron chi connectivity index (χ4n) is 3.07. The Bertz CT molecular complexity index is 796. The van der Waals surface area contributed by atoms with Crippen LogP contribution < -0.4 is 4.74 Å². The highest BCUT2D eigenvalue weighted by atomic mass is 16.5. The van der Waals surface area contributed by atoms with E-state index in [2.05, 4.69) is 4.98 Å². The maximum absolute atomic E-state index is 13.0. The number of rotatable bonds is 9. The van der Waals surface area contributed by atoms with Gasteiger partial charge in [-0.1, -0.05) is 19.9 Å². The molecular weight excluding hydrogens is 356 g/mol. The number of carboxylic acid groups (broad SMARTS) is 1. The molecule has 150 valence electrons. The third kappa shape index (κ3) is 6.08. The van der Waals surface area contributed by atoms with Crippen LogP contribution in [0, 0.1) is 19.8 Å². The van der Waals surface area contributed by atoms with Gasteiger partial charge in [-0.25, -0.2) is 0 Å². The lowest BCUT2D eigenvalue weighted by molar-refractivity contribution is -0.137. The molecule has 2 aromatic rings. The molecule has 0 spiro atoms. The predicted octanol–water partition coefficient (Wildman–Crippen LogP) is 3.85. The van der Waals surface area contributed by atoms with E-state index in [0.717, 1.165) is 22.4 Å². The first kappa shape index (κ1) is 21.4. The highest BCUT2D eigenvalue weighted by Gasteiger charge is 2.20. The number of pyridine rings is 1. The number of carboxylic acids is 1. The van der Waals surface area contributed by atoms with Gasteiger partial charge in [-0.3, -0.25) is 14.6 Å². The Morgan fingerprint density at radius 1 is 1.21 bits per heavy atom. The first-order valence-electron chi connectivity index (χ1n) is 9.42. The molecule has 0 radical (unpaired) electrons. The van der Waals surface area contributed by atoms with Crippen molar-refractivity contribution in [3.8, 4) is 5.75 Å². The largest absolute Gasteiger partial charge is 0.488 e. The quantitative estimate of drug-likeness (QED) is 0.710. The lowest BCUT2D eigenvalue weighted by Crippen LogP contribution is -2.36. The Hall–Kier alpha value is -2.89. The van der Waals surface area contributed by atoms with Gasteiger partial charge in [-0.15, -0.1) is 0 Å². The summed E-state index contributed by atoms with van der Waals surface area (Å²) in [5, 5.41) is 8.97. The summed E-state index contributed by atoms with van der Waals surface area (Å²) < 4.78 is 5.95. The summed E-state index contributed by atoms with van der Waals surface area (Å²) in [5.41, 5.74) is 3.26. The van der Waals surface area contributed by atoms with Crippen LogP contribution in [-0.4, -0.2) is 40.0 Å². The molecule has 28 heavy (non-hydrogen) atoms. The van der Waals surface area contributed by atoms with Crippen molar-refractivity contribution in [2.75, 3.05) is 13.1 Å².